The van der Waals surface area contributed by atoms with Gasteiger partial charge in [0.05, 0.1) is 4.91 Å². The Morgan fingerprint density at radius 3 is 2.70 bits per heavy atom. The lowest BCUT2D eigenvalue weighted by atomic mass is 10.0. The highest BCUT2D eigenvalue weighted by Crippen LogP contribution is 2.34. The maximum Gasteiger partial charge on any atom is 0.323 e. The highest BCUT2D eigenvalue weighted by Gasteiger charge is 2.33. The Balaban J connectivity index is 1.88. The van der Waals surface area contributed by atoms with Gasteiger partial charge < -0.3 is 10.2 Å². The number of carbonyl (C=O) groups is 2. The van der Waals surface area contributed by atoms with Gasteiger partial charge in [0.1, 0.15) is 16.6 Å². The molecule has 0 saturated carbocycles. The SMILES string of the molecule is O=C(O)CN1C(=O)/C(=C/c2cc(Cc3ccccc3Cl)ccc2O)SC1=S. The molecule has 0 atom stereocenters. The molecule has 0 unspecified atom stereocenters. The summed E-state index contributed by atoms with van der Waals surface area (Å²) in [5.74, 6) is -1.61. The Morgan fingerprint density at radius 1 is 1.26 bits per heavy atom. The molecule has 2 aromatic carbocycles. The van der Waals surface area contributed by atoms with E-state index in [2.05, 4.69) is 0 Å². The number of phenolic OH excluding ortho intramolecular Hbond substituents is 1. The van der Waals surface area contributed by atoms with Crippen LogP contribution in [0.25, 0.3) is 6.08 Å². The molecular weight excluding hydrogens is 406 g/mol. The second kappa shape index (κ2) is 8.12. The minimum absolute atomic E-state index is 0.0152. The van der Waals surface area contributed by atoms with Crippen molar-refractivity contribution in [1.82, 2.24) is 4.90 Å². The Bertz CT molecular complexity index is 974. The zero-order chi connectivity index (χ0) is 19.6. The van der Waals surface area contributed by atoms with E-state index in [1.807, 2.05) is 24.3 Å². The van der Waals surface area contributed by atoms with E-state index in [0.717, 1.165) is 27.8 Å². The minimum atomic E-state index is -1.14. The maximum atomic E-state index is 12.4. The summed E-state index contributed by atoms with van der Waals surface area (Å²) in [6, 6.07) is 12.6. The molecule has 0 aliphatic carbocycles. The standard InChI is InChI=1S/C19H14ClNO4S2/c20-14-4-2-1-3-12(14)7-11-5-6-15(22)13(8-11)9-16-18(25)21(10-17(23)24)19(26)27-16/h1-6,8-9,22H,7,10H2,(H,23,24)/b16-9-. The molecule has 138 valence electrons. The molecule has 0 bridgehead atoms. The Kier molecular flexibility index (Phi) is 5.84. The van der Waals surface area contributed by atoms with Crippen LogP contribution < -0.4 is 0 Å². The fourth-order valence-corrected chi connectivity index (χ4v) is 4.05. The summed E-state index contributed by atoms with van der Waals surface area (Å²) in [4.78, 5) is 24.5. The number of thioether (sulfide) groups is 1. The van der Waals surface area contributed by atoms with Crippen molar-refractivity contribution in [3.63, 3.8) is 0 Å². The number of aliphatic carboxylic acids is 1. The summed E-state index contributed by atoms with van der Waals surface area (Å²) < 4.78 is 0.181. The van der Waals surface area contributed by atoms with Gasteiger partial charge in [-0.1, -0.05) is 59.8 Å². The molecule has 1 aliphatic rings. The number of phenols is 1. The fourth-order valence-electron chi connectivity index (χ4n) is 2.60. The van der Waals surface area contributed by atoms with Crippen molar-refractivity contribution in [1.29, 1.82) is 0 Å². The topological polar surface area (TPSA) is 77.8 Å². The summed E-state index contributed by atoms with van der Waals surface area (Å²) in [7, 11) is 0. The number of carboxylic acid groups (broad SMARTS) is 1. The smallest absolute Gasteiger partial charge is 0.323 e. The van der Waals surface area contributed by atoms with Gasteiger partial charge in [-0.05, 0) is 41.8 Å². The molecule has 2 N–H and O–H groups in total. The number of carboxylic acids is 1. The number of nitrogens with zero attached hydrogens (tertiary/aromatic N) is 1. The van der Waals surface area contributed by atoms with Crippen LogP contribution in [0.4, 0.5) is 0 Å². The molecule has 1 aliphatic heterocycles. The average Bonchev–Trinajstić information content (AvgIpc) is 2.87. The molecule has 1 heterocycles. The first-order valence-corrected chi connectivity index (χ1v) is 9.48. The normalized spacial score (nSPS) is 15.6. The number of benzene rings is 2. The lowest BCUT2D eigenvalue weighted by Gasteiger charge is -2.10. The molecule has 8 heteroatoms. The molecule has 27 heavy (non-hydrogen) atoms. The quantitative estimate of drug-likeness (QED) is 0.565. The molecule has 0 spiro atoms. The van der Waals surface area contributed by atoms with Crippen LogP contribution in [0.15, 0.2) is 47.4 Å². The summed E-state index contributed by atoms with van der Waals surface area (Å²) in [5.41, 5.74) is 2.31. The van der Waals surface area contributed by atoms with Gasteiger partial charge in [-0.15, -0.1) is 0 Å². The van der Waals surface area contributed by atoms with Gasteiger partial charge in [0.15, 0.2) is 0 Å². The van der Waals surface area contributed by atoms with Crippen LogP contribution in [-0.4, -0.2) is 37.9 Å². The van der Waals surface area contributed by atoms with E-state index in [-0.39, 0.29) is 15.0 Å². The predicted molar refractivity (Wildman–Crippen MR) is 110 cm³/mol. The van der Waals surface area contributed by atoms with Gasteiger partial charge >= 0.3 is 5.97 Å². The van der Waals surface area contributed by atoms with Crippen LogP contribution in [0.3, 0.4) is 0 Å². The summed E-state index contributed by atoms with van der Waals surface area (Å²) in [5, 5.41) is 19.7. The number of halogens is 1. The number of hydrogen-bond acceptors (Lipinski definition) is 5. The zero-order valence-electron chi connectivity index (χ0n) is 13.9. The Morgan fingerprint density at radius 2 is 2.00 bits per heavy atom. The molecule has 1 fully saturated rings. The van der Waals surface area contributed by atoms with Crippen molar-refractivity contribution in [3.8, 4) is 5.75 Å². The largest absolute Gasteiger partial charge is 0.507 e. The van der Waals surface area contributed by atoms with E-state index in [4.69, 9.17) is 28.9 Å². The van der Waals surface area contributed by atoms with Gasteiger partial charge in [0.25, 0.3) is 5.91 Å². The molecule has 2 aromatic rings. The highest BCUT2D eigenvalue weighted by molar-refractivity contribution is 8.26. The van der Waals surface area contributed by atoms with Crippen molar-refractivity contribution in [2.45, 2.75) is 6.42 Å². The van der Waals surface area contributed by atoms with E-state index in [1.165, 1.54) is 6.08 Å². The molecular formula is C19H14ClNO4S2. The second-order valence-corrected chi connectivity index (χ2v) is 7.91. The van der Waals surface area contributed by atoms with E-state index in [9.17, 15) is 14.7 Å². The number of hydrogen-bond donors (Lipinski definition) is 2. The van der Waals surface area contributed by atoms with Crippen molar-refractivity contribution in [2.75, 3.05) is 6.54 Å². The number of aromatic hydroxyl groups is 1. The molecule has 0 radical (unpaired) electrons. The molecule has 5 nitrogen and oxygen atoms in total. The van der Waals surface area contributed by atoms with Crippen molar-refractivity contribution in [3.05, 3.63) is 69.1 Å². The van der Waals surface area contributed by atoms with E-state index >= 15 is 0 Å². The van der Waals surface area contributed by atoms with Crippen LogP contribution in [-0.2, 0) is 16.0 Å². The van der Waals surface area contributed by atoms with Crippen LogP contribution in [0.5, 0.6) is 5.75 Å². The van der Waals surface area contributed by atoms with Crippen LogP contribution in [0.1, 0.15) is 16.7 Å². The summed E-state index contributed by atoms with van der Waals surface area (Å²) in [6.07, 6.45) is 2.09. The first-order chi connectivity index (χ1) is 12.8. The minimum Gasteiger partial charge on any atom is -0.507 e. The third kappa shape index (κ3) is 4.50. The number of amides is 1. The third-order valence-electron chi connectivity index (χ3n) is 3.90. The fraction of sp³-hybridized carbons (Fsp3) is 0.105. The summed E-state index contributed by atoms with van der Waals surface area (Å²) >= 11 is 12.3. The van der Waals surface area contributed by atoms with Gasteiger partial charge in [-0.25, -0.2) is 0 Å². The molecule has 3 rings (SSSR count). The maximum absolute atomic E-state index is 12.4. The third-order valence-corrected chi connectivity index (χ3v) is 5.64. The average molecular weight is 420 g/mol. The van der Waals surface area contributed by atoms with E-state index < -0.39 is 18.4 Å². The van der Waals surface area contributed by atoms with Crippen LogP contribution in [0, 0.1) is 0 Å². The van der Waals surface area contributed by atoms with E-state index in [1.54, 1.807) is 18.2 Å². The first kappa shape index (κ1) is 19.4. The van der Waals surface area contributed by atoms with Gasteiger partial charge in [-0.3, -0.25) is 14.5 Å². The summed E-state index contributed by atoms with van der Waals surface area (Å²) in [6.45, 7) is -0.486. The van der Waals surface area contributed by atoms with Crippen molar-refractivity contribution in [2.24, 2.45) is 0 Å². The van der Waals surface area contributed by atoms with Crippen LogP contribution >= 0.6 is 35.6 Å². The van der Waals surface area contributed by atoms with Crippen molar-refractivity contribution < 1.29 is 19.8 Å². The lowest BCUT2D eigenvalue weighted by molar-refractivity contribution is -0.140. The molecule has 1 amide bonds. The molecule has 1 saturated heterocycles. The van der Waals surface area contributed by atoms with Gasteiger partial charge in [0.2, 0.25) is 0 Å². The Hall–Kier alpha value is -2.35. The predicted octanol–water partition coefficient (Wildman–Crippen LogP) is 3.92. The van der Waals surface area contributed by atoms with Crippen LogP contribution in [0.2, 0.25) is 5.02 Å². The zero-order valence-corrected chi connectivity index (χ0v) is 16.3. The monoisotopic (exact) mass is 419 g/mol. The van der Waals surface area contributed by atoms with Gasteiger partial charge in [0, 0.05) is 10.6 Å². The van der Waals surface area contributed by atoms with Gasteiger partial charge in [-0.2, -0.15) is 0 Å². The van der Waals surface area contributed by atoms with E-state index in [0.29, 0.717) is 17.0 Å². The lowest BCUT2D eigenvalue weighted by Crippen LogP contribution is -2.33. The number of thiocarbonyl (C=S) groups is 1. The number of rotatable bonds is 5. The second-order valence-electron chi connectivity index (χ2n) is 5.82. The number of carbonyl (C=O) groups excluding carboxylic acids is 1. The Labute approximate surface area is 170 Å². The highest BCUT2D eigenvalue weighted by atomic mass is 35.5. The first-order valence-electron chi connectivity index (χ1n) is 7.87. The van der Waals surface area contributed by atoms with Crippen molar-refractivity contribution >= 4 is 57.9 Å². The molecule has 0 aromatic heterocycles.